The molecule has 0 amide bonds. The minimum absolute atomic E-state index is 0.171. The lowest BCUT2D eigenvalue weighted by molar-refractivity contribution is 1.50. The van der Waals surface area contributed by atoms with Gasteiger partial charge in [-0.25, -0.2) is 0 Å². The first-order valence-electron chi connectivity index (χ1n) is 6.72. The molecule has 0 saturated heterocycles. The van der Waals surface area contributed by atoms with Crippen LogP contribution in [0, 0.1) is 0 Å². The predicted molar refractivity (Wildman–Crippen MR) is 87.7 cm³/mol. The van der Waals surface area contributed by atoms with Gasteiger partial charge in [-0.2, -0.15) is 0 Å². The highest BCUT2D eigenvalue weighted by Gasteiger charge is 2.05. The Hall–Kier alpha value is -1.13. The van der Waals surface area contributed by atoms with E-state index in [0.717, 1.165) is 0 Å². The van der Waals surface area contributed by atoms with Crippen LogP contribution in [-0.2, 0) is 0 Å². The maximum atomic E-state index is 2.31. The van der Waals surface area contributed by atoms with E-state index in [2.05, 4.69) is 67.3 Å². The molecule has 0 radical (unpaired) electrons. The normalized spacial score (nSPS) is 8.78. The largest absolute Gasteiger partial charge is 0.0683 e. The van der Waals surface area contributed by atoms with E-state index in [0.29, 0.717) is 0 Å². The SMILES string of the molecule is CC.CC.CP(c1ccccc1)c1ccccc1. The Bertz CT molecular complexity index is 341. The average molecular weight is 260 g/mol. The van der Waals surface area contributed by atoms with E-state index in [-0.39, 0.29) is 7.92 Å². The second kappa shape index (κ2) is 11.0. The monoisotopic (exact) mass is 260 g/mol. The van der Waals surface area contributed by atoms with Crippen LogP contribution in [-0.4, -0.2) is 6.66 Å². The van der Waals surface area contributed by atoms with E-state index < -0.39 is 0 Å². The van der Waals surface area contributed by atoms with E-state index in [1.54, 1.807) is 0 Å². The summed E-state index contributed by atoms with van der Waals surface area (Å²) in [6, 6.07) is 21.4. The molecule has 0 N–H and O–H groups in total. The summed E-state index contributed by atoms with van der Waals surface area (Å²) in [6.07, 6.45) is 0. The molecule has 0 aliphatic carbocycles. The van der Waals surface area contributed by atoms with Gasteiger partial charge in [0.1, 0.15) is 0 Å². The molecule has 2 aromatic rings. The molecular formula is C17H25P. The first-order chi connectivity index (χ1) is 8.88. The van der Waals surface area contributed by atoms with Crippen molar-refractivity contribution in [3.05, 3.63) is 60.7 Å². The van der Waals surface area contributed by atoms with E-state index in [4.69, 9.17) is 0 Å². The minimum atomic E-state index is -0.171. The number of hydrogen-bond donors (Lipinski definition) is 0. The van der Waals surface area contributed by atoms with E-state index in [1.165, 1.54) is 10.6 Å². The van der Waals surface area contributed by atoms with Crippen molar-refractivity contribution < 1.29 is 0 Å². The Balaban J connectivity index is 0.000000659. The van der Waals surface area contributed by atoms with Crippen molar-refractivity contribution in [2.24, 2.45) is 0 Å². The second-order valence-corrected chi connectivity index (χ2v) is 5.38. The lowest BCUT2D eigenvalue weighted by Crippen LogP contribution is -2.09. The topological polar surface area (TPSA) is 0 Å². The molecule has 0 unspecified atom stereocenters. The lowest BCUT2D eigenvalue weighted by atomic mass is 10.4. The molecule has 1 heteroatoms. The van der Waals surface area contributed by atoms with Crippen LogP contribution in [0.15, 0.2) is 60.7 Å². The molecule has 98 valence electrons. The van der Waals surface area contributed by atoms with Crippen molar-refractivity contribution in [1.82, 2.24) is 0 Å². The van der Waals surface area contributed by atoms with Gasteiger partial charge < -0.3 is 0 Å². The molecular weight excluding hydrogens is 235 g/mol. The van der Waals surface area contributed by atoms with E-state index in [1.807, 2.05) is 27.7 Å². The predicted octanol–water partition coefficient (Wildman–Crippen LogP) is 4.80. The third-order valence-electron chi connectivity index (χ3n) is 2.29. The molecule has 0 aliphatic heterocycles. The number of hydrogen-bond acceptors (Lipinski definition) is 0. The van der Waals surface area contributed by atoms with Gasteiger partial charge in [0, 0.05) is 0 Å². The van der Waals surface area contributed by atoms with Gasteiger partial charge in [0.25, 0.3) is 0 Å². The smallest absolute Gasteiger partial charge is 0.0198 e. The zero-order chi connectivity index (χ0) is 13.8. The van der Waals surface area contributed by atoms with E-state index >= 15 is 0 Å². The molecule has 0 saturated carbocycles. The molecule has 2 aromatic carbocycles. The van der Waals surface area contributed by atoms with Crippen LogP contribution in [0.1, 0.15) is 27.7 Å². The molecule has 0 bridgehead atoms. The highest BCUT2D eigenvalue weighted by atomic mass is 31.1. The Morgan fingerprint density at radius 2 is 0.833 bits per heavy atom. The van der Waals surface area contributed by atoms with Crippen LogP contribution < -0.4 is 10.6 Å². The van der Waals surface area contributed by atoms with Gasteiger partial charge in [-0.05, 0) is 25.2 Å². The average Bonchev–Trinajstić information content (AvgIpc) is 2.52. The molecule has 0 nitrogen and oxygen atoms in total. The zero-order valence-electron chi connectivity index (χ0n) is 12.2. The summed E-state index contributed by atoms with van der Waals surface area (Å²) in [6.45, 7) is 10.3. The third-order valence-corrected chi connectivity index (χ3v) is 4.43. The molecule has 0 fully saturated rings. The molecule has 0 atom stereocenters. The third kappa shape index (κ3) is 5.47. The lowest BCUT2D eigenvalue weighted by Gasteiger charge is -2.12. The molecule has 2 rings (SSSR count). The van der Waals surface area contributed by atoms with Crippen LogP contribution >= 0.6 is 7.92 Å². The quantitative estimate of drug-likeness (QED) is 0.680. The van der Waals surface area contributed by atoms with Gasteiger partial charge in [0.15, 0.2) is 0 Å². The first kappa shape index (κ1) is 16.9. The molecule has 0 aliphatic rings. The summed E-state index contributed by atoms with van der Waals surface area (Å²) in [5.41, 5.74) is 0. The Kier molecular flexibility index (Phi) is 10.3. The van der Waals surface area contributed by atoms with Crippen LogP contribution in [0.25, 0.3) is 0 Å². The van der Waals surface area contributed by atoms with Gasteiger partial charge in [-0.3, -0.25) is 0 Å². The van der Waals surface area contributed by atoms with Crippen molar-refractivity contribution in [3.63, 3.8) is 0 Å². The molecule has 0 aromatic heterocycles. The maximum Gasteiger partial charge on any atom is -0.0198 e. The van der Waals surface area contributed by atoms with Gasteiger partial charge in [0.05, 0.1) is 0 Å². The Morgan fingerprint density at radius 3 is 1.11 bits per heavy atom. The van der Waals surface area contributed by atoms with Gasteiger partial charge in [-0.1, -0.05) is 88.4 Å². The number of benzene rings is 2. The van der Waals surface area contributed by atoms with Crippen molar-refractivity contribution in [1.29, 1.82) is 0 Å². The van der Waals surface area contributed by atoms with Gasteiger partial charge in [0.2, 0.25) is 0 Å². The molecule has 18 heavy (non-hydrogen) atoms. The van der Waals surface area contributed by atoms with Crippen molar-refractivity contribution in [3.8, 4) is 0 Å². The Labute approximate surface area is 114 Å². The van der Waals surface area contributed by atoms with Crippen LogP contribution in [0.4, 0.5) is 0 Å². The highest BCUT2D eigenvalue weighted by Crippen LogP contribution is 2.27. The summed E-state index contributed by atoms with van der Waals surface area (Å²) in [4.78, 5) is 0. The van der Waals surface area contributed by atoms with Crippen LogP contribution in [0.3, 0.4) is 0 Å². The van der Waals surface area contributed by atoms with Gasteiger partial charge >= 0.3 is 0 Å². The van der Waals surface area contributed by atoms with Crippen molar-refractivity contribution >= 4 is 18.5 Å². The van der Waals surface area contributed by atoms with Crippen LogP contribution in [0.5, 0.6) is 0 Å². The van der Waals surface area contributed by atoms with Gasteiger partial charge in [-0.15, -0.1) is 0 Å². The zero-order valence-corrected chi connectivity index (χ0v) is 13.1. The maximum absolute atomic E-state index is 2.31. The highest BCUT2D eigenvalue weighted by molar-refractivity contribution is 7.72. The van der Waals surface area contributed by atoms with E-state index in [9.17, 15) is 0 Å². The summed E-state index contributed by atoms with van der Waals surface area (Å²) < 4.78 is 0. The van der Waals surface area contributed by atoms with Crippen molar-refractivity contribution in [2.75, 3.05) is 6.66 Å². The van der Waals surface area contributed by atoms with Crippen LogP contribution in [0.2, 0.25) is 0 Å². The summed E-state index contributed by atoms with van der Waals surface area (Å²) in [7, 11) is -0.171. The fraction of sp³-hybridized carbons (Fsp3) is 0.294. The standard InChI is InChI=1S/C13H13P.2C2H6/c1-14(12-8-4-2-5-9-12)13-10-6-3-7-11-13;2*1-2/h2-11H,1H3;2*1-2H3. The number of rotatable bonds is 2. The summed E-state index contributed by atoms with van der Waals surface area (Å²) >= 11 is 0. The summed E-state index contributed by atoms with van der Waals surface area (Å²) in [5, 5.41) is 2.88. The van der Waals surface area contributed by atoms with Crippen molar-refractivity contribution in [2.45, 2.75) is 27.7 Å². The second-order valence-electron chi connectivity index (χ2n) is 3.23. The Morgan fingerprint density at radius 1 is 0.556 bits per heavy atom. The summed E-state index contributed by atoms with van der Waals surface area (Å²) in [5.74, 6) is 0. The molecule has 0 spiro atoms. The molecule has 0 heterocycles. The first-order valence-corrected chi connectivity index (χ1v) is 8.50. The fourth-order valence-corrected chi connectivity index (χ4v) is 2.99. The fourth-order valence-electron chi connectivity index (χ4n) is 1.45. The minimum Gasteiger partial charge on any atom is -0.0683 e.